The Morgan fingerprint density at radius 3 is 2.17 bits per heavy atom. The van der Waals surface area contributed by atoms with E-state index in [2.05, 4.69) is 53.8 Å². The van der Waals surface area contributed by atoms with Gasteiger partial charge < -0.3 is 5.32 Å². The van der Waals surface area contributed by atoms with Crippen molar-refractivity contribution in [3.05, 3.63) is 87.9 Å². The van der Waals surface area contributed by atoms with Crippen LogP contribution in [0.5, 0.6) is 0 Å². The summed E-state index contributed by atoms with van der Waals surface area (Å²) in [5, 5.41) is 4.75. The summed E-state index contributed by atoms with van der Waals surface area (Å²) in [6, 6.07) is 23.3. The Labute approximate surface area is 145 Å². The zero-order valence-corrected chi connectivity index (χ0v) is 13.9. The first-order valence-electron chi connectivity index (χ1n) is 7.60. The third-order valence-corrected chi connectivity index (χ3v) is 5.04. The van der Waals surface area contributed by atoms with Gasteiger partial charge in [-0.05, 0) is 40.8 Å². The van der Waals surface area contributed by atoms with E-state index in [-0.39, 0.29) is 6.04 Å². The van der Waals surface area contributed by atoms with E-state index < -0.39 is 0 Å². The summed E-state index contributed by atoms with van der Waals surface area (Å²) in [6.45, 7) is 0. The Hall–Kier alpha value is -1.96. The van der Waals surface area contributed by atoms with Gasteiger partial charge in [-0.3, -0.25) is 0 Å². The predicted molar refractivity (Wildman–Crippen MR) is 98.4 cm³/mol. The van der Waals surface area contributed by atoms with Crippen LogP contribution >= 0.6 is 23.2 Å². The Balaban J connectivity index is 1.58. The van der Waals surface area contributed by atoms with Gasteiger partial charge in [-0.2, -0.15) is 0 Å². The molecule has 0 spiro atoms. The van der Waals surface area contributed by atoms with Crippen LogP contribution in [0.1, 0.15) is 17.2 Å². The van der Waals surface area contributed by atoms with Crippen LogP contribution in [-0.2, 0) is 6.42 Å². The first-order chi connectivity index (χ1) is 11.2. The highest BCUT2D eigenvalue weighted by atomic mass is 35.5. The number of benzene rings is 3. The van der Waals surface area contributed by atoms with Gasteiger partial charge in [0.25, 0.3) is 0 Å². The van der Waals surface area contributed by atoms with Crippen LogP contribution in [0.2, 0.25) is 10.0 Å². The van der Waals surface area contributed by atoms with Gasteiger partial charge in [-0.1, -0.05) is 77.8 Å². The highest BCUT2D eigenvalue weighted by molar-refractivity contribution is 6.42. The van der Waals surface area contributed by atoms with Crippen molar-refractivity contribution in [3.63, 3.8) is 0 Å². The van der Waals surface area contributed by atoms with E-state index in [1.807, 2.05) is 18.2 Å². The molecule has 0 fully saturated rings. The molecule has 0 saturated carbocycles. The maximum Gasteiger partial charge on any atom is 0.0613 e. The SMILES string of the molecule is Clc1cc2c(cc1Cl)NC(c1ccc(-c3ccccc3)cc1)C2. The summed E-state index contributed by atoms with van der Waals surface area (Å²) in [4.78, 5) is 0. The van der Waals surface area contributed by atoms with Crippen molar-refractivity contribution in [1.29, 1.82) is 0 Å². The molecule has 1 aliphatic heterocycles. The molecule has 0 amide bonds. The number of nitrogens with one attached hydrogen (secondary N) is 1. The average Bonchev–Trinajstić information content (AvgIpc) is 2.99. The van der Waals surface area contributed by atoms with Gasteiger partial charge in [0.1, 0.15) is 0 Å². The molecule has 0 bridgehead atoms. The number of rotatable bonds is 2. The van der Waals surface area contributed by atoms with E-state index in [9.17, 15) is 0 Å². The molecule has 114 valence electrons. The quantitative estimate of drug-likeness (QED) is 0.571. The van der Waals surface area contributed by atoms with Crippen LogP contribution in [0.3, 0.4) is 0 Å². The molecule has 1 heterocycles. The third-order valence-electron chi connectivity index (χ3n) is 4.32. The lowest BCUT2D eigenvalue weighted by molar-refractivity contribution is 0.824. The molecule has 3 aromatic carbocycles. The molecular formula is C20H15Cl2N. The van der Waals surface area contributed by atoms with Crippen molar-refractivity contribution in [1.82, 2.24) is 0 Å². The monoisotopic (exact) mass is 339 g/mol. The van der Waals surface area contributed by atoms with Crippen molar-refractivity contribution in [2.75, 3.05) is 5.32 Å². The van der Waals surface area contributed by atoms with Gasteiger partial charge in [0, 0.05) is 5.69 Å². The molecule has 1 nitrogen and oxygen atoms in total. The van der Waals surface area contributed by atoms with Crippen LogP contribution in [0, 0.1) is 0 Å². The lowest BCUT2D eigenvalue weighted by Crippen LogP contribution is -2.05. The highest BCUT2D eigenvalue weighted by Gasteiger charge is 2.23. The van der Waals surface area contributed by atoms with E-state index >= 15 is 0 Å². The molecule has 0 radical (unpaired) electrons. The minimum absolute atomic E-state index is 0.268. The highest BCUT2D eigenvalue weighted by Crippen LogP contribution is 2.39. The van der Waals surface area contributed by atoms with Crippen LogP contribution in [0.4, 0.5) is 5.69 Å². The molecule has 3 heteroatoms. The summed E-state index contributed by atoms with van der Waals surface area (Å²) >= 11 is 12.2. The molecule has 23 heavy (non-hydrogen) atoms. The summed E-state index contributed by atoms with van der Waals surface area (Å²) in [5.74, 6) is 0. The molecule has 3 aromatic rings. The third kappa shape index (κ3) is 2.83. The van der Waals surface area contributed by atoms with Crippen molar-refractivity contribution < 1.29 is 0 Å². The number of halogens is 2. The van der Waals surface area contributed by atoms with Crippen molar-refractivity contribution in [2.24, 2.45) is 0 Å². The smallest absolute Gasteiger partial charge is 0.0613 e. The molecule has 0 aliphatic carbocycles. The van der Waals surface area contributed by atoms with Gasteiger partial charge >= 0.3 is 0 Å². The molecule has 1 aliphatic rings. The molecule has 1 atom stereocenters. The van der Waals surface area contributed by atoms with E-state index in [4.69, 9.17) is 23.2 Å². The van der Waals surface area contributed by atoms with E-state index in [1.54, 1.807) is 0 Å². The number of fused-ring (bicyclic) bond motifs is 1. The molecule has 1 unspecified atom stereocenters. The van der Waals surface area contributed by atoms with Gasteiger partial charge in [-0.15, -0.1) is 0 Å². The zero-order valence-electron chi connectivity index (χ0n) is 12.4. The Morgan fingerprint density at radius 2 is 1.43 bits per heavy atom. The fraction of sp³-hybridized carbons (Fsp3) is 0.100. The second kappa shape index (κ2) is 5.92. The maximum absolute atomic E-state index is 6.11. The van der Waals surface area contributed by atoms with Crippen LogP contribution in [-0.4, -0.2) is 0 Å². The molecule has 1 N–H and O–H groups in total. The lowest BCUT2D eigenvalue weighted by Gasteiger charge is -2.12. The van der Waals surface area contributed by atoms with Gasteiger partial charge in [0.2, 0.25) is 0 Å². The maximum atomic E-state index is 6.11. The predicted octanol–water partition coefficient (Wildman–Crippen LogP) is 6.37. The molecule has 0 aromatic heterocycles. The fourth-order valence-electron chi connectivity index (χ4n) is 3.09. The van der Waals surface area contributed by atoms with Gasteiger partial charge in [0.05, 0.1) is 16.1 Å². The van der Waals surface area contributed by atoms with Crippen LogP contribution in [0.25, 0.3) is 11.1 Å². The number of hydrogen-bond acceptors (Lipinski definition) is 1. The Bertz CT molecular complexity index is 811. The second-order valence-electron chi connectivity index (χ2n) is 5.81. The fourth-order valence-corrected chi connectivity index (χ4v) is 3.44. The first-order valence-corrected chi connectivity index (χ1v) is 8.36. The van der Waals surface area contributed by atoms with Crippen molar-refractivity contribution >= 4 is 28.9 Å². The normalized spacial score (nSPS) is 16.0. The number of anilines is 1. The van der Waals surface area contributed by atoms with E-state index in [0.717, 1.165) is 12.1 Å². The van der Waals surface area contributed by atoms with Crippen molar-refractivity contribution in [3.8, 4) is 11.1 Å². The Morgan fingerprint density at radius 1 is 0.783 bits per heavy atom. The van der Waals surface area contributed by atoms with E-state index in [1.165, 1.54) is 22.3 Å². The Kier molecular flexibility index (Phi) is 3.76. The molecule has 4 rings (SSSR count). The minimum atomic E-state index is 0.268. The second-order valence-corrected chi connectivity index (χ2v) is 6.63. The molecular weight excluding hydrogens is 325 g/mol. The average molecular weight is 340 g/mol. The molecule has 0 saturated heterocycles. The van der Waals surface area contributed by atoms with Crippen LogP contribution in [0.15, 0.2) is 66.7 Å². The summed E-state index contributed by atoms with van der Waals surface area (Å²) in [5.41, 5.74) is 6.04. The van der Waals surface area contributed by atoms with Crippen molar-refractivity contribution in [2.45, 2.75) is 12.5 Å². The minimum Gasteiger partial charge on any atom is -0.378 e. The number of hydrogen-bond donors (Lipinski definition) is 1. The zero-order chi connectivity index (χ0) is 15.8. The van der Waals surface area contributed by atoms with Crippen LogP contribution < -0.4 is 5.32 Å². The summed E-state index contributed by atoms with van der Waals surface area (Å²) in [7, 11) is 0. The van der Waals surface area contributed by atoms with Gasteiger partial charge in [-0.25, -0.2) is 0 Å². The van der Waals surface area contributed by atoms with Gasteiger partial charge in [0.15, 0.2) is 0 Å². The topological polar surface area (TPSA) is 12.0 Å². The van der Waals surface area contributed by atoms with E-state index in [0.29, 0.717) is 10.0 Å². The first kappa shape index (κ1) is 14.6. The standard InChI is InChI=1S/C20H15Cl2N/c21-17-10-16-11-19(23-20(16)12-18(17)22)15-8-6-14(7-9-15)13-4-2-1-3-5-13/h1-10,12,19,23H,11H2. The largest absolute Gasteiger partial charge is 0.378 e. The summed E-state index contributed by atoms with van der Waals surface area (Å²) in [6.07, 6.45) is 0.927. The summed E-state index contributed by atoms with van der Waals surface area (Å²) < 4.78 is 0. The lowest BCUT2D eigenvalue weighted by atomic mass is 9.99.